The lowest BCUT2D eigenvalue weighted by molar-refractivity contribution is 0.276. The van der Waals surface area contributed by atoms with E-state index in [0.29, 0.717) is 5.69 Å². The van der Waals surface area contributed by atoms with Crippen molar-refractivity contribution >= 4 is 11.3 Å². The van der Waals surface area contributed by atoms with Crippen molar-refractivity contribution in [3.05, 3.63) is 53.9 Å². The molecule has 0 atom stereocenters. The lowest BCUT2D eigenvalue weighted by Crippen LogP contribution is -1.96. The molecule has 0 bridgehead atoms. The van der Waals surface area contributed by atoms with Crippen molar-refractivity contribution in [2.75, 3.05) is 5.73 Å². The minimum atomic E-state index is -0.0756. The fourth-order valence-electron chi connectivity index (χ4n) is 2.20. The summed E-state index contributed by atoms with van der Waals surface area (Å²) in [7, 11) is 0. The number of aryl methyl sites for hydroxylation is 1. The van der Waals surface area contributed by atoms with E-state index in [1.54, 1.807) is 6.20 Å². The Morgan fingerprint density at radius 1 is 1.16 bits per heavy atom. The predicted octanol–water partition coefficient (Wildman–Crippen LogP) is 2.38. The van der Waals surface area contributed by atoms with Crippen LogP contribution in [0.1, 0.15) is 11.3 Å². The normalized spacial score (nSPS) is 11.1. The number of benzene rings is 1. The van der Waals surface area contributed by atoms with Crippen molar-refractivity contribution in [1.82, 2.24) is 9.38 Å². The van der Waals surface area contributed by atoms with Gasteiger partial charge in [-0.05, 0) is 19.1 Å². The van der Waals surface area contributed by atoms with E-state index in [2.05, 4.69) is 4.98 Å². The highest BCUT2D eigenvalue weighted by atomic mass is 16.3. The minimum Gasteiger partial charge on any atom is -0.398 e. The van der Waals surface area contributed by atoms with Gasteiger partial charge in [0, 0.05) is 17.4 Å². The minimum absolute atomic E-state index is 0.0756. The summed E-state index contributed by atoms with van der Waals surface area (Å²) in [6, 6.07) is 11.8. The Hall–Kier alpha value is -2.33. The highest BCUT2D eigenvalue weighted by molar-refractivity contribution is 5.67. The average molecular weight is 253 g/mol. The summed E-state index contributed by atoms with van der Waals surface area (Å²) in [5, 5.41) is 9.61. The number of anilines is 1. The first kappa shape index (κ1) is 11.7. The molecule has 0 saturated carbocycles. The second-order valence-electron chi connectivity index (χ2n) is 4.62. The summed E-state index contributed by atoms with van der Waals surface area (Å²) in [4.78, 5) is 4.57. The quantitative estimate of drug-likeness (QED) is 0.737. The van der Waals surface area contributed by atoms with Gasteiger partial charge in [0.1, 0.15) is 5.65 Å². The summed E-state index contributed by atoms with van der Waals surface area (Å²) in [5.41, 5.74) is 11.0. The molecule has 96 valence electrons. The van der Waals surface area contributed by atoms with Gasteiger partial charge in [0.15, 0.2) is 0 Å². The second kappa shape index (κ2) is 4.40. The van der Waals surface area contributed by atoms with Gasteiger partial charge >= 0.3 is 0 Å². The van der Waals surface area contributed by atoms with Crippen LogP contribution in [0.15, 0.2) is 42.6 Å². The zero-order valence-electron chi connectivity index (χ0n) is 10.7. The molecule has 0 saturated heterocycles. The molecule has 2 heterocycles. The maximum Gasteiger partial charge on any atom is 0.137 e. The first-order chi connectivity index (χ1) is 9.19. The van der Waals surface area contributed by atoms with E-state index in [0.717, 1.165) is 22.6 Å². The fraction of sp³-hybridized carbons (Fsp3) is 0.133. The molecule has 0 aliphatic rings. The second-order valence-corrected chi connectivity index (χ2v) is 4.62. The molecular weight excluding hydrogens is 238 g/mol. The highest BCUT2D eigenvalue weighted by Gasteiger charge is 2.13. The van der Waals surface area contributed by atoms with Crippen LogP contribution in [0.3, 0.4) is 0 Å². The van der Waals surface area contributed by atoms with Gasteiger partial charge in [0.05, 0.1) is 18.0 Å². The molecule has 3 N–H and O–H groups in total. The average Bonchev–Trinajstić information content (AvgIpc) is 2.77. The van der Waals surface area contributed by atoms with Crippen molar-refractivity contribution in [3.63, 3.8) is 0 Å². The van der Waals surface area contributed by atoms with Gasteiger partial charge in [-0.2, -0.15) is 0 Å². The molecule has 0 unspecified atom stereocenters. The number of pyridine rings is 1. The van der Waals surface area contributed by atoms with Crippen molar-refractivity contribution in [2.24, 2.45) is 0 Å². The van der Waals surface area contributed by atoms with E-state index >= 15 is 0 Å². The number of nitrogen functional groups attached to an aromatic ring is 1. The number of hydrogen-bond donors (Lipinski definition) is 2. The van der Waals surface area contributed by atoms with Crippen LogP contribution in [0.4, 0.5) is 5.69 Å². The Kier molecular flexibility index (Phi) is 2.72. The molecule has 2 aromatic heterocycles. The molecule has 0 aliphatic carbocycles. The van der Waals surface area contributed by atoms with Crippen molar-refractivity contribution in [2.45, 2.75) is 13.5 Å². The number of nitrogens with two attached hydrogens (primary N) is 1. The maximum atomic E-state index is 9.61. The van der Waals surface area contributed by atoms with Crippen LogP contribution >= 0.6 is 0 Å². The number of fused-ring (bicyclic) bond motifs is 1. The van der Waals surface area contributed by atoms with E-state index in [-0.39, 0.29) is 6.61 Å². The van der Waals surface area contributed by atoms with Gasteiger partial charge in [-0.1, -0.05) is 29.8 Å². The number of aliphatic hydroxyl groups is 1. The van der Waals surface area contributed by atoms with Gasteiger partial charge < -0.3 is 10.8 Å². The van der Waals surface area contributed by atoms with Gasteiger partial charge in [-0.25, -0.2) is 4.98 Å². The van der Waals surface area contributed by atoms with E-state index in [1.807, 2.05) is 47.7 Å². The Morgan fingerprint density at radius 2 is 1.89 bits per heavy atom. The topological polar surface area (TPSA) is 63.5 Å². The summed E-state index contributed by atoms with van der Waals surface area (Å²) < 4.78 is 1.84. The van der Waals surface area contributed by atoms with Crippen LogP contribution in [0.5, 0.6) is 0 Å². The Morgan fingerprint density at radius 3 is 2.58 bits per heavy atom. The van der Waals surface area contributed by atoms with E-state index in [1.165, 1.54) is 5.56 Å². The number of imidazole rings is 1. The molecular formula is C15H15N3O. The van der Waals surface area contributed by atoms with Gasteiger partial charge in [-0.15, -0.1) is 0 Å². The van der Waals surface area contributed by atoms with Crippen LogP contribution in [0, 0.1) is 6.92 Å². The molecule has 4 nitrogen and oxygen atoms in total. The number of aliphatic hydroxyl groups excluding tert-OH is 1. The highest BCUT2D eigenvalue weighted by Crippen LogP contribution is 2.25. The smallest absolute Gasteiger partial charge is 0.137 e. The summed E-state index contributed by atoms with van der Waals surface area (Å²) in [6.45, 7) is 1.97. The van der Waals surface area contributed by atoms with Gasteiger partial charge in [-0.3, -0.25) is 4.40 Å². The van der Waals surface area contributed by atoms with Crippen LogP contribution < -0.4 is 5.73 Å². The van der Waals surface area contributed by atoms with Crippen molar-refractivity contribution in [3.8, 4) is 11.3 Å². The van der Waals surface area contributed by atoms with E-state index in [4.69, 9.17) is 5.73 Å². The predicted molar refractivity (Wildman–Crippen MR) is 75.7 cm³/mol. The molecule has 1 aromatic carbocycles. The largest absolute Gasteiger partial charge is 0.398 e. The van der Waals surface area contributed by atoms with Crippen LogP contribution in [-0.2, 0) is 6.61 Å². The van der Waals surface area contributed by atoms with E-state index in [9.17, 15) is 5.11 Å². The van der Waals surface area contributed by atoms with E-state index < -0.39 is 0 Å². The lowest BCUT2D eigenvalue weighted by atomic mass is 10.1. The Bertz CT molecular complexity index is 729. The van der Waals surface area contributed by atoms with Crippen LogP contribution in [-0.4, -0.2) is 14.5 Å². The summed E-state index contributed by atoms with van der Waals surface area (Å²) >= 11 is 0. The van der Waals surface area contributed by atoms with Crippen molar-refractivity contribution in [1.29, 1.82) is 0 Å². The molecule has 0 fully saturated rings. The molecule has 3 aromatic rings. The molecule has 3 rings (SSSR count). The maximum absolute atomic E-state index is 9.61. The standard InChI is InChI=1S/C15H15N3O/c1-10-2-4-11(5-3-10)15-13(9-19)18-8-12(16)6-7-14(18)17-15/h2-8,19H,9,16H2,1H3. The SMILES string of the molecule is Cc1ccc(-c2nc3ccc(N)cn3c2CO)cc1. The first-order valence-electron chi connectivity index (χ1n) is 6.13. The molecule has 4 heteroatoms. The summed E-state index contributed by atoms with van der Waals surface area (Å²) in [6.07, 6.45) is 1.78. The molecule has 0 amide bonds. The monoisotopic (exact) mass is 253 g/mol. The molecule has 0 radical (unpaired) electrons. The number of nitrogens with zero attached hydrogens (tertiary/aromatic N) is 2. The fourth-order valence-corrected chi connectivity index (χ4v) is 2.20. The molecule has 19 heavy (non-hydrogen) atoms. The zero-order valence-corrected chi connectivity index (χ0v) is 10.7. The Labute approximate surface area is 111 Å². The molecule has 0 spiro atoms. The summed E-state index contributed by atoms with van der Waals surface area (Å²) in [5.74, 6) is 0. The third kappa shape index (κ3) is 1.96. The van der Waals surface area contributed by atoms with Gasteiger partial charge in [0.2, 0.25) is 0 Å². The number of hydrogen-bond acceptors (Lipinski definition) is 3. The third-order valence-electron chi connectivity index (χ3n) is 3.22. The first-order valence-corrected chi connectivity index (χ1v) is 6.13. The van der Waals surface area contributed by atoms with Crippen molar-refractivity contribution < 1.29 is 5.11 Å². The number of rotatable bonds is 2. The lowest BCUT2D eigenvalue weighted by Gasteiger charge is -2.03. The molecule has 0 aliphatic heterocycles. The van der Waals surface area contributed by atoms with Crippen LogP contribution in [0.2, 0.25) is 0 Å². The van der Waals surface area contributed by atoms with Gasteiger partial charge in [0.25, 0.3) is 0 Å². The Balaban J connectivity index is 2.25. The number of aromatic nitrogens is 2. The third-order valence-corrected chi connectivity index (χ3v) is 3.22. The van der Waals surface area contributed by atoms with Crippen LogP contribution in [0.25, 0.3) is 16.9 Å². The zero-order chi connectivity index (χ0) is 13.4.